The van der Waals surface area contributed by atoms with Crippen LogP contribution in [0.3, 0.4) is 0 Å². The number of ether oxygens (including phenoxy) is 1. The Kier molecular flexibility index (Phi) is 4.64. The Bertz CT molecular complexity index is 892. The van der Waals surface area contributed by atoms with E-state index < -0.39 is 0 Å². The maximum Gasteiger partial charge on any atom is 0.266 e. The van der Waals surface area contributed by atoms with Gasteiger partial charge in [0, 0.05) is 5.75 Å². The van der Waals surface area contributed by atoms with E-state index >= 15 is 0 Å². The quantitative estimate of drug-likeness (QED) is 0.576. The van der Waals surface area contributed by atoms with Crippen molar-refractivity contribution in [3.05, 3.63) is 58.9 Å². The molecule has 0 amide bonds. The van der Waals surface area contributed by atoms with Gasteiger partial charge in [-0.2, -0.15) is 0 Å². The third kappa shape index (κ3) is 2.95. The molecule has 1 aromatic heterocycles. The van der Waals surface area contributed by atoms with E-state index in [1.807, 2.05) is 36.4 Å². The van der Waals surface area contributed by atoms with Crippen LogP contribution in [0.2, 0.25) is 0 Å². The summed E-state index contributed by atoms with van der Waals surface area (Å²) in [5, 5.41) is 10.2. The van der Waals surface area contributed by atoms with Gasteiger partial charge < -0.3 is 9.84 Å². The van der Waals surface area contributed by atoms with E-state index in [1.54, 1.807) is 23.8 Å². The molecule has 0 unspecified atom stereocenters. The van der Waals surface area contributed by atoms with Gasteiger partial charge in [0.2, 0.25) is 0 Å². The first-order valence-corrected chi connectivity index (χ1v) is 8.13. The van der Waals surface area contributed by atoms with Gasteiger partial charge in [-0.15, -0.1) is 0 Å². The fraction of sp³-hybridized carbons (Fsp3) is 0.176. The van der Waals surface area contributed by atoms with Crippen LogP contribution >= 0.6 is 11.8 Å². The van der Waals surface area contributed by atoms with Crippen LogP contribution in [-0.4, -0.2) is 34.1 Å². The van der Waals surface area contributed by atoms with E-state index in [2.05, 4.69) is 4.98 Å². The molecule has 3 rings (SSSR count). The highest BCUT2D eigenvalue weighted by molar-refractivity contribution is 7.99. The van der Waals surface area contributed by atoms with Crippen LogP contribution in [-0.2, 0) is 0 Å². The molecule has 0 aliphatic rings. The topological polar surface area (TPSA) is 64.3 Å². The van der Waals surface area contributed by atoms with Crippen molar-refractivity contribution in [1.29, 1.82) is 0 Å². The summed E-state index contributed by atoms with van der Waals surface area (Å²) in [5.74, 6) is 1.05. The molecule has 0 radical (unpaired) electrons. The highest BCUT2D eigenvalue weighted by Crippen LogP contribution is 2.26. The summed E-state index contributed by atoms with van der Waals surface area (Å²) in [6.45, 7) is 0.0132. The van der Waals surface area contributed by atoms with Crippen molar-refractivity contribution in [3.63, 3.8) is 0 Å². The van der Waals surface area contributed by atoms with Crippen LogP contribution in [0.5, 0.6) is 5.75 Å². The second-order valence-electron chi connectivity index (χ2n) is 4.80. The van der Waals surface area contributed by atoms with Crippen LogP contribution in [0.1, 0.15) is 0 Å². The first-order chi connectivity index (χ1) is 11.3. The van der Waals surface area contributed by atoms with Crippen LogP contribution in [0.15, 0.2) is 58.5 Å². The van der Waals surface area contributed by atoms with Crippen molar-refractivity contribution in [1.82, 2.24) is 9.55 Å². The van der Waals surface area contributed by atoms with Gasteiger partial charge in [0.1, 0.15) is 5.75 Å². The number of fused-ring (bicyclic) bond motifs is 1. The second-order valence-corrected chi connectivity index (χ2v) is 5.86. The van der Waals surface area contributed by atoms with Crippen LogP contribution < -0.4 is 10.3 Å². The number of hydrogen-bond donors (Lipinski definition) is 1. The lowest BCUT2D eigenvalue weighted by atomic mass is 10.2. The Hall–Kier alpha value is -2.31. The van der Waals surface area contributed by atoms with Crippen LogP contribution in [0.25, 0.3) is 16.6 Å². The van der Waals surface area contributed by atoms with E-state index in [4.69, 9.17) is 9.84 Å². The monoisotopic (exact) mass is 328 g/mol. The molecule has 2 aromatic carbocycles. The van der Waals surface area contributed by atoms with E-state index in [0.717, 1.165) is 0 Å². The van der Waals surface area contributed by atoms with E-state index in [9.17, 15) is 4.79 Å². The molecule has 1 heterocycles. The Morgan fingerprint density at radius 3 is 2.70 bits per heavy atom. The lowest BCUT2D eigenvalue weighted by Gasteiger charge is -2.15. The molecule has 3 aromatic rings. The molecule has 0 saturated carbocycles. The standard InChI is InChI=1S/C17H16N2O3S/c1-22-15-9-5-4-8-14(15)19-16(21)12-6-2-3-7-13(12)18-17(19)23-11-10-20/h2-9,20H,10-11H2,1H3. The smallest absolute Gasteiger partial charge is 0.266 e. The molecular weight excluding hydrogens is 312 g/mol. The number of benzene rings is 2. The fourth-order valence-electron chi connectivity index (χ4n) is 2.37. The summed E-state index contributed by atoms with van der Waals surface area (Å²) < 4.78 is 6.92. The molecule has 0 saturated heterocycles. The molecule has 6 heteroatoms. The summed E-state index contributed by atoms with van der Waals surface area (Å²) in [4.78, 5) is 17.6. The predicted molar refractivity (Wildman–Crippen MR) is 91.7 cm³/mol. The number of methoxy groups -OCH3 is 1. The van der Waals surface area contributed by atoms with Crippen molar-refractivity contribution >= 4 is 22.7 Å². The van der Waals surface area contributed by atoms with E-state index in [1.165, 1.54) is 11.8 Å². The normalized spacial score (nSPS) is 10.9. The average Bonchev–Trinajstić information content (AvgIpc) is 2.60. The van der Waals surface area contributed by atoms with E-state index in [0.29, 0.717) is 33.2 Å². The third-order valence-corrected chi connectivity index (χ3v) is 4.31. The fourth-order valence-corrected chi connectivity index (χ4v) is 3.12. The Labute approximate surface area is 137 Å². The average molecular weight is 328 g/mol. The highest BCUT2D eigenvalue weighted by atomic mass is 32.2. The molecule has 5 nitrogen and oxygen atoms in total. The zero-order chi connectivity index (χ0) is 16.2. The van der Waals surface area contributed by atoms with Gasteiger partial charge in [-0.25, -0.2) is 4.98 Å². The molecular formula is C17H16N2O3S. The minimum absolute atomic E-state index is 0.0132. The molecule has 0 atom stereocenters. The number of rotatable bonds is 5. The Morgan fingerprint density at radius 2 is 1.91 bits per heavy atom. The minimum atomic E-state index is -0.152. The largest absolute Gasteiger partial charge is 0.495 e. The van der Waals surface area contributed by atoms with Crippen molar-refractivity contribution in [3.8, 4) is 11.4 Å². The van der Waals surface area contributed by atoms with Crippen molar-refractivity contribution in [2.75, 3.05) is 19.5 Å². The van der Waals surface area contributed by atoms with Gasteiger partial charge in [-0.05, 0) is 24.3 Å². The lowest BCUT2D eigenvalue weighted by molar-refractivity contribution is 0.322. The molecule has 0 fully saturated rings. The Balaban J connectivity index is 2.32. The van der Waals surface area contributed by atoms with Gasteiger partial charge in [0.15, 0.2) is 5.16 Å². The number of aliphatic hydroxyl groups excluding tert-OH is 1. The maximum atomic E-state index is 13.0. The predicted octanol–water partition coefficient (Wildman–Crippen LogP) is 2.48. The number of aromatic nitrogens is 2. The summed E-state index contributed by atoms with van der Waals surface area (Å²) in [7, 11) is 1.57. The van der Waals surface area contributed by atoms with Gasteiger partial charge >= 0.3 is 0 Å². The molecule has 118 valence electrons. The van der Waals surface area contributed by atoms with Crippen LogP contribution in [0.4, 0.5) is 0 Å². The van der Waals surface area contributed by atoms with Crippen molar-refractivity contribution in [2.45, 2.75) is 5.16 Å². The zero-order valence-electron chi connectivity index (χ0n) is 12.6. The summed E-state index contributed by atoms with van der Waals surface area (Å²) >= 11 is 1.34. The lowest BCUT2D eigenvalue weighted by Crippen LogP contribution is -2.22. The SMILES string of the molecule is COc1ccccc1-n1c(SCCO)nc2ccccc2c1=O. The molecule has 0 spiro atoms. The number of hydrogen-bond acceptors (Lipinski definition) is 5. The maximum absolute atomic E-state index is 13.0. The molecule has 23 heavy (non-hydrogen) atoms. The van der Waals surface area contributed by atoms with Crippen LogP contribution in [0, 0.1) is 0 Å². The summed E-state index contributed by atoms with van der Waals surface area (Å²) in [5.41, 5.74) is 1.13. The third-order valence-electron chi connectivity index (χ3n) is 3.39. The second kappa shape index (κ2) is 6.85. The zero-order valence-corrected chi connectivity index (χ0v) is 13.4. The summed E-state index contributed by atoms with van der Waals surface area (Å²) in [6, 6.07) is 14.6. The Morgan fingerprint density at radius 1 is 1.17 bits per heavy atom. The molecule has 0 bridgehead atoms. The first-order valence-electron chi connectivity index (χ1n) is 7.15. The number of aliphatic hydroxyl groups is 1. The van der Waals surface area contributed by atoms with Crippen molar-refractivity contribution in [2.24, 2.45) is 0 Å². The van der Waals surface area contributed by atoms with Gasteiger partial charge in [0.25, 0.3) is 5.56 Å². The van der Waals surface area contributed by atoms with E-state index in [-0.39, 0.29) is 12.2 Å². The number of thioether (sulfide) groups is 1. The van der Waals surface area contributed by atoms with Crippen molar-refractivity contribution < 1.29 is 9.84 Å². The summed E-state index contributed by atoms with van der Waals surface area (Å²) in [6.07, 6.45) is 0. The van der Waals surface area contributed by atoms with Gasteiger partial charge in [-0.1, -0.05) is 36.0 Å². The van der Waals surface area contributed by atoms with Gasteiger partial charge in [-0.3, -0.25) is 9.36 Å². The molecule has 0 aliphatic carbocycles. The van der Waals surface area contributed by atoms with Gasteiger partial charge in [0.05, 0.1) is 30.3 Å². The number of nitrogens with zero attached hydrogens (tertiary/aromatic N) is 2. The molecule has 1 N–H and O–H groups in total. The minimum Gasteiger partial charge on any atom is -0.495 e. The highest BCUT2D eigenvalue weighted by Gasteiger charge is 2.15. The molecule has 0 aliphatic heterocycles. The number of para-hydroxylation sites is 3. The first kappa shape index (κ1) is 15.6.